The molecule has 6 nitrogen and oxygen atoms in total. The van der Waals surface area contributed by atoms with E-state index in [1.807, 2.05) is 0 Å². The number of sulfonamides is 1. The van der Waals surface area contributed by atoms with E-state index in [2.05, 4.69) is 9.71 Å². The monoisotopic (exact) mass is 308 g/mol. The van der Waals surface area contributed by atoms with Gasteiger partial charge in [0.2, 0.25) is 10.0 Å². The second kappa shape index (κ2) is 6.04. The van der Waals surface area contributed by atoms with Gasteiger partial charge in [0.25, 0.3) is 5.56 Å². The minimum Gasteiger partial charge on any atom is -0.394 e. The molecule has 1 aromatic rings. The molecule has 0 saturated carbocycles. The fraction of sp³-hybridized carbons (Fsp3) is 0.545. The Kier molecular flexibility index (Phi) is 5.14. The van der Waals surface area contributed by atoms with Crippen molar-refractivity contribution in [2.45, 2.75) is 37.1 Å². The average Bonchev–Trinajstić information content (AvgIpc) is 2.39. The van der Waals surface area contributed by atoms with Crippen LogP contribution in [-0.4, -0.2) is 30.7 Å². The summed E-state index contributed by atoms with van der Waals surface area (Å²) in [4.78, 5) is 13.2. The quantitative estimate of drug-likeness (QED) is 0.725. The Labute approximate surface area is 116 Å². The molecule has 0 fully saturated rings. The molecule has 0 aromatic carbocycles. The van der Waals surface area contributed by atoms with Crippen LogP contribution in [0.25, 0.3) is 0 Å². The second-order valence-corrected chi connectivity index (χ2v) is 6.35. The molecule has 0 saturated heterocycles. The molecule has 0 bridgehead atoms. The van der Waals surface area contributed by atoms with Crippen LogP contribution < -0.4 is 10.3 Å². The topological polar surface area (TPSA) is 99.3 Å². The minimum atomic E-state index is -3.86. The molecule has 0 amide bonds. The third-order valence-electron chi connectivity index (χ3n) is 3.15. The lowest BCUT2D eigenvalue weighted by atomic mass is 9.96. The molecule has 19 heavy (non-hydrogen) atoms. The van der Waals surface area contributed by atoms with Gasteiger partial charge in [0.05, 0.1) is 17.0 Å². The lowest BCUT2D eigenvalue weighted by Gasteiger charge is -2.30. The van der Waals surface area contributed by atoms with Gasteiger partial charge in [0.1, 0.15) is 5.02 Å². The molecule has 3 N–H and O–H groups in total. The Balaban J connectivity index is 3.17. The number of nitrogens with one attached hydrogen (secondary N) is 2. The van der Waals surface area contributed by atoms with Crippen LogP contribution in [0.3, 0.4) is 0 Å². The molecule has 1 heterocycles. The SMILES string of the molecule is CCC(CC)(CO)NS(=O)(=O)c1c[nH]c(=O)c(Cl)c1. The third-order valence-corrected chi connectivity index (χ3v) is 4.99. The molecule has 108 valence electrons. The fourth-order valence-electron chi connectivity index (χ4n) is 1.59. The van der Waals surface area contributed by atoms with E-state index in [0.29, 0.717) is 12.8 Å². The van der Waals surface area contributed by atoms with Gasteiger partial charge in [-0.2, -0.15) is 0 Å². The molecule has 0 atom stereocenters. The summed E-state index contributed by atoms with van der Waals surface area (Å²) in [5.41, 5.74) is -1.47. The summed E-state index contributed by atoms with van der Waals surface area (Å²) >= 11 is 5.61. The van der Waals surface area contributed by atoms with E-state index in [1.54, 1.807) is 13.8 Å². The van der Waals surface area contributed by atoms with Gasteiger partial charge >= 0.3 is 0 Å². The van der Waals surface area contributed by atoms with Gasteiger partial charge in [-0.15, -0.1) is 0 Å². The van der Waals surface area contributed by atoms with Gasteiger partial charge in [-0.3, -0.25) is 4.79 Å². The zero-order valence-corrected chi connectivity index (χ0v) is 12.3. The van der Waals surface area contributed by atoms with E-state index in [4.69, 9.17) is 11.6 Å². The van der Waals surface area contributed by atoms with Crippen LogP contribution in [0.15, 0.2) is 22.0 Å². The number of H-pyrrole nitrogens is 1. The number of aliphatic hydroxyl groups is 1. The first-order valence-electron chi connectivity index (χ1n) is 5.83. The summed E-state index contributed by atoms with van der Waals surface area (Å²) in [5.74, 6) is 0. The lowest BCUT2D eigenvalue weighted by molar-refractivity contribution is 0.172. The van der Waals surface area contributed by atoms with Gasteiger partial charge in [-0.05, 0) is 18.9 Å². The molecule has 0 aliphatic rings. The first-order chi connectivity index (χ1) is 8.80. The van der Waals surface area contributed by atoms with Crippen molar-refractivity contribution in [3.05, 3.63) is 27.6 Å². The zero-order chi connectivity index (χ0) is 14.7. The van der Waals surface area contributed by atoms with Crippen molar-refractivity contribution >= 4 is 21.6 Å². The van der Waals surface area contributed by atoms with Gasteiger partial charge in [-0.1, -0.05) is 25.4 Å². The van der Waals surface area contributed by atoms with Crippen LogP contribution in [0.4, 0.5) is 0 Å². The van der Waals surface area contributed by atoms with Crippen LogP contribution in [0, 0.1) is 0 Å². The number of hydrogen-bond donors (Lipinski definition) is 3. The molecule has 0 radical (unpaired) electrons. The number of aliphatic hydroxyl groups excluding tert-OH is 1. The summed E-state index contributed by atoms with van der Waals surface area (Å²) in [7, 11) is -3.86. The summed E-state index contributed by atoms with van der Waals surface area (Å²) in [6.45, 7) is 3.25. The van der Waals surface area contributed by atoms with Crippen molar-refractivity contribution in [2.24, 2.45) is 0 Å². The molecule has 1 aromatic heterocycles. The molecular weight excluding hydrogens is 292 g/mol. The largest absolute Gasteiger partial charge is 0.394 e. The molecule has 0 aliphatic carbocycles. The van der Waals surface area contributed by atoms with Crippen molar-refractivity contribution in [3.63, 3.8) is 0 Å². The van der Waals surface area contributed by atoms with Crippen molar-refractivity contribution < 1.29 is 13.5 Å². The Hall–Kier alpha value is -0.890. The van der Waals surface area contributed by atoms with E-state index in [9.17, 15) is 18.3 Å². The van der Waals surface area contributed by atoms with E-state index < -0.39 is 21.1 Å². The number of rotatable bonds is 6. The standard InChI is InChI=1S/C11H17ClN2O4S/c1-3-11(4-2,7-15)14-19(17,18)8-5-9(12)10(16)13-6-8/h5-6,14-15H,3-4,7H2,1-2H3,(H,13,16). The number of aromatic amines is 1. The first-order valence-corrected chi connectivity index (χ1v) is 7.69. The maximum Gasteiger partial charge on any atom is 0.266 e. The fourth-order valence-corrected chi connectivity index (χ4v) is 3.35. The number of halogens is 1. The minimum absolute atomic E-state index is 0.142. The van der Waals surface area contributed by atoms with Gasteiger partial charge in [-0.25, -0.2) is 13.1 Å². The molecular formula is C11H17ClN2O4S. The normalized spacial score (nSPS) is 12.6. The van der Waals surface area contributed by atoms with Crippen LogP contribution in [-0.2, 0) is 10.0 Å². The highest BCUT2D eigenvalue weighted by atomic mass is 35.5. The van der Waals surface area contributed by atoms with Crippen LogP contribution in [0.1, 0.15) is 26.7 Å². The van der Waals surface area contributed by atoms with Gasteiger partial charge in [0, 0.05) is 6.20 Å². The summed E-state index contributed by atoms with van der Waals surface area (Å²) < 4.78 is 26.8. The van der Waals surface area contributed by atoms with Crippen molar-refractivity contribution in [1.29, 1.82) is 0 Å². The van der Waals surface area contributed by atoms with E-state index in [-0.39, 0.29) is 16.5 Å². The Morgan fingerprint density at radius 2 is 2.00 bits per heavy atom. The first kappa shape index (κ1) is 16.2. The smallest absolute Gasteiger partial charge is 0.266 e. The summed E-state index contributed by atoms with van der Waals surface area (Å²) in [6.07, 6.45) is 1.95. The number of hydrogen-bond acceptors (Lipinski definition) is 4. The molecule has 8 heteroatoms. The average molecular weight is 309 g/mol. The Morgan fingerprint density at radius 3 is 2.42 bits per heavy atom. The highest BCUT2D eigenvalue weighted by molar-refractivity contribution is 7.89. The molecule has 1 rings (SSSR count). The van der Waals surface area contributed by atoms with Crippen molar-refractivity contribution in [3.8, 4) is 0 Å². The molecule has 0 aliphatic heterocycles. The van der Waals surface area contributed by atoms with Crippen LogP contribution in [0.2, 0.25) is 5.02 Å². The molecule has 0 spiro atoms. The Bertz CT molecular complexity index is 585. The van der Waals surface area contributed by atoms with E-state index in [0.717, 1.165) is 12.3 Å². The summed E-state index contributed by atoms with van der Waals surface area (Å²) in [6, 6.07) is 1.08. The predicted octanol–water partition coefficient (Wildman–Crippen LogP) is 0.858. The van der Waals surface area contributed by atoms with Crippen LogP contribution in [0.5, 0.6) is 0 Å². The maximum atomic E-state index is 12.2. The maximum absolute atomic E-state index is 12.2. The lowest BCUT2D eigenvalue weighted by Crippen LogP contribution is -2.50. The van der Waals surface area contributed by atoms with Gasteiger partial charge in [0.15, 0.2) is 0 Å². The predicted molar refractivity (Wildman–Crippen MR) is 72.8 cm³/mol. The van der Waals surface area contributed by atoms with Crippen molar-refractivity contribution in [2.75, 3.05) is 6.61 Å². The van der Waals surface area contributed by atoms with Crippen LogP contribution >= 0.6 is 11.6 Å². The number of aromatic nitrogens is 1. The number of pyridine rings is 1. The highest BCUT2D eigenvalue weighted by Gasteiger charge is 2.31. The third kappa shape index (κ3) is 3.56. The highest BCUT2D eigenvalue weighted by Crippen LogP contribution is 2.19. The van der Waals surface area contributed by atoms with E-state index in [1.165, 1.54) is 0 Å². The molecule has 0 unspecified atom stereocenters. The van der Waals surface area contributed by atoms with Gasteiger partial charge < -0.3 is 10.1 Å². The second-order valence-electron chi connectivity index (χ2n) is 4.26. The Morgan fingerprint density at radius 1 is 1.42 bits per heavy atom. The summed E-state index contributed by atoms with van der Waals surface area (Å²) in [5, 5.41) is 9.17. The van der Waals surface area contributed by atoms with Crippen molar-refractivity contribution in [1.82, 2.24) is 9.71 Å². The zero-order valence-electron chi connectivity index (χ0n) is 10.7. The van der Waals surface area contributed by atoms with E-state index >= 15 is 0 Å².